The lowest BCUT2D eigenvalue weighted by molar-refractivity contribution is 0.870. The van der Waals surface area contributed by atoms with Crippen LogP contribution in [0.25, 0.3) is 0 Å². The minimum absolute atomic E-state index is 0.0148. The average Bonchev–Trinajstić information content (AvgIpc) is 2.35. The van der Waals surface area contributed by atoms with E-state index in [0.717, 1.165) is 5.56 Å². The summed E-state index contributed by atoms with van der Waals surface area (Å²) in [4.78, 5) is 8.02. The fourth-order valence-corrected chi connectivity index (χ4v) is 2.31. The van der Waals surface area contributed by atoms with Crippen LogP contribution in [0.15, 0.2) is 35.1 Å². The van der Waals surface area contributed by atoms with Crippen LogP contribution in [-0.2, 0) is 0 Å². The van der Waals surface area contributed by atoms with E-state index in [1.54, 1.807) is 0 Å². The van der Waals surface area contributed by atoms with E-state index in [1.807, 2.05) is 31.2 Å². The number of hydrogen-bond donors (Lipinski definition) is 1. The van der Waals surface area contributed by atoms with Gasteiger partial charge >= 0.3 is 0 Å². The van der Waals surface area contributed by atoms with Crippen molar-refractivity contribution in [3.8, 4) is 0 Å². The van der Waals surface area contributed by atoms with Gasteiger partial charge in [-0.25, -0.2) is 9.97 Å². The van der Waals surface area contributed by atoms with Crippen molar-refractivity contribution >= 4 is 44.9 Å². The monoisotopic (exact) mass is 345 g/mol. The predicted molar refractivity (Wildman–Crippen MR) is 78.2 cm³/mol. The zero-order chi connectivity index (χ0) is 13.1. The highest BCUT2D eigenvalue weighted by molar-refractivity contribution is 9.10. The molecule has 0 aliphatic carbocycles. The average molecular weight is 347 g/mol. The maximum absolute atomic E-state index is 6.15. The van der Waals surface area contributed by atoms with E-state index in [1.165, 1.54) is 6.33 Å². The Morgan fingerprint density at radius 1 is 1.22 bits per heavy atom. The van der Waals surface area contributed by atoms with Crippen molar-refractivity contribution in [2.75, 3.05) is 5.32 Å². The van der Waals surface area contributed by atoms with E-state index in [2.05, 4.69) is 31.2 Å². The van der Waals surface area contributed by atoms with Crippen molar-refractivity contribution in [2.45, 2.75) is 13.0 Å². The van der Waals surface area contributed by atoms with Gasteiger partial charge in [-0.3, -0.25) is 0 Å². The second-order valence-corrected chi connectivity index (χ2v) is 5.27. The molecule has 1 aromatic heterocycles. The molecule has 1 atom stereocenters. The molecule has 2 aromatic rings. The molecule has 18 heavy (non-hydrogen) atoms. The molecule has 0 aliphatic rings. The highest BCUT2D eigenvalue weighted by Gasteiger charge is 2.13. The van der Waals surface area contributed by atoms with Gasteiger partial charge in [0, 0.05) is 5.02 Å². The van der Waals surface area contributed by atoms with E-state index >= 15 is 0 Å². The predicted octanol–water partition coefficient (Wildman–Crippen LogP) is 4.72. The zero-order valence-electron chi connectivity index (χ0n) is 9.49. The second kappa shape index (κ2) is 5.87. The number of rotatable bonds is 3. The molecule has 0 saturated carbocycles. The van der Waals surface area contributed by atoms with E-state index in [4.69, 9.17) is 23.2 Å². The summed E-state index contributed by atoms with van der Waals surface area (Å²) >= 11 is 15.4. The molecule has 0 radical (unpaired) electrons. The molecule has 6 heteroatoms. The van der Waals surface area contributed by atoms with E-state index in [0.29, 0.717) is 20.5 Å². The van der Waals surface area contributed by atoms with Gasteiger partial charge in [-0.1, -0.05) is 41.4 Å². The topological polar surface area (TPSA) is 37.8 Å². The van der Waals surface area contributed by atoms with Crippen LogP contribution in [0.3, 0.4) is 0 Å². The van der Waals surface area contributed by atoms with Crippen molar-refractivity contribution in [3.63, 3.8) is 0 Å². The largest absolute Gasteiger partial charge is 0.362 e. The first kappa shape index (κ1) is 13.6. The van der Waals surface area contributed by atoms with Gasteiger partial charge in [-0.05, 0) is 34.5 Å². The SMILES string of the molecule is CC(Nc1ncnc(Cl)c1Br)c1ccccc1Cl. The third-order valence-electron chi connectivity index (χ3n) is 2.47. The number of aromatic nitrogens is 2. The molecule has 0 fully saturated rings. The molecule has 1 unspecified atom stereocenters. The molecular formula is C12H10BrCl2N3. The van der Waals surface area contributed by atoms with Crippen LogP contribution in [0, 0.1) is 0 Å². The van der Waals surface area contributed by atoms with Gasteiger partial charge in [0.25, 0.3) is 0 Å². The first-order chi connectivity index (χ1) is 8.59. The minimum atomic E-state index is 0.0148. The Balaban J connectivity index is 2.24. The van der Waals surface area contributed by atoms with Crippen LogP contribution in [0.4, 0.5) is 5.82 Å². The van der Waals surface area contributed by atoms with Crippen LogP contribution in [0.5, 0.6) is 0 Å². The third kappa shape index (κ3) is 2.94. The highest BCUT2D eigenvalue weighted by atomic mass is 79.9. The molecule has 0 saturated heterocycles. The van der Waals surface area contributed by atoms with Crippen LogP contribution < -0.4 is 5.32 Å². The quantitative estimate of drug-likeness (QED) is 0.817. The molecule has 0 aliphatic heterocycles. The van der Waals surface area contributed by atoms with Crippen LogP contribution in [-0.4, -0.2) is 9.97 Å². The summed E-state index contributed by atoms with van der Waals surface area (Å²) in [5.74, 6) is 0.641. The number of nitrogens with zero attached hydrogens (tertiary/aromatic N) is 2. The Morgan fingerprint density at radius 3 is 2.67 bits per heavy atom. The Labute approximate surface area is 124 Å². The van der Waals surface area contributed by atoms with Gasteiger partial charge in [0.05, 0.1) is 10.5 Å². The maximum atomic E-state index is 6.15. The summed E-state index contributed by atoms with van der Waals surface area (Å²) < 4.78 is 0.644. The number of halogens is 3. The first-order valence-electron chi connectivity index (χ1n) is 5.26. The van der Waals surface area contributed by atoms with Gasteiger partial charge in [-0.15, -0.1) is 0 Å². The molecule has 0 bridgehead atoms. The van der Waals surface area contributed by atoms with Crippen LogP contribution in [0.2, 0.25) is 10.2 Å². The number of hydrogen-bond acceptors (Lipinski definition) is 3. The lowest BCUT2D eigenvalue weighted by Crippen LogP contribution is -2.09. The Kier molecular flexibility index (Phi) is 4.43. The lowest BCUT2D eigenvalue weighted by Gasteiger charge is -2.17. The summed E-state index contributed by atoms with van der Waals surface area (Å²) in [6.07, 6.45) is 1.41. The first-order valence-corrected chi connectivity index (χ1v) is 6.81. The summed E-state index contributed by atoms with van der Waals surface area (Å²) in [6.45, 7) is 2.00. The fourth-order valence-electron chi connectivity index (χ4n) is 1.56. The molecule has 1 aromatic carbocycles. The zero-order valence-corrected chi connectivity index (χ0v) is 12.6. The van der Waals surface area contributed by atoms with Gasteiger partial charge in [0.1, 0.15) is 17.3 Å². The van der Waals surface area contributed by atoms with Crippen molar-refractivity contribution in [1.29, 1.82) is 0 Å². The normalized spacial score (nSPS) is 12.2. The molecule has 0 spiro atoms. The van der Waals surface area contributed by atoms with Gasteiger partial charge in [-0.2, -0.15) is 0 Å². The fraction of sp³-hybridized carbons (Fsp3) is 0.167. The van der Waals surface area contributed by atoms with Crippen molar-refractivity contribution < 1.29 is 0 Å². The summed E-state index contributed by atoms with van der Waals surface area (Å²) in [6, 6.07) is 7.69. The Hall–Kier alpha value is -0.840. The van der Waals surface area contributed by atoms with E-state index < -0.39 is 0 Å². The van der Waals surface area contributed by atoms with Gasteiger partial charge < -0.3 is 5.32 Å². The Bertz CT molecular complexity index is 563. The standard InChI is InChI=1S/C12H10BrCl2N3/c1-7(8-4-2-3-5-9(8)14)18-12-10(13)11(15)16-6-17-12/h2-7H,1H3,(H,16,17,18). The smallest absolute Gasteiger partial charge is 0.148 e. The minimum Gasteiger partial charge on any atom is -0.362 e. The van der Waals surface area contributed by atoms with Gasteiger partial charge in [0.15, 0.2) is 0 Å². The maximum Gasteiger partial charge on any atom is 0.148 e. The molecule has 94 valence electrons. The summed E-state index contributed by atoms with van der Waals surface area (Å²) in [7, 11) is 0. The van der Waals surface area contributed by atoms with E-state index in [9.17, 15) is 0 Å². The lowest BCUT2D eigenvalue weighted by atomic mass is 10.1. The molecular weight excluding hydrogens is 337 g/mol. The number of nitrogens with one attached hydrogen (secondary N) is 1. The molecule has 1 heterocycles. The molecule has 2 rings (SSSR count). The second-order valence-electron chi connectivity index (χ2n) is 3.71. The number of benzene rings is 1. The van der Waals surface area contributed by atoms with E-state index in [-0.39, 0.29) is 6.04 Å². The third-order valence-corrected chi connectivity index (χ3v) is 4.08. The summed E-state index contributed by atoms with van der Waals surface area (Å²) in [5, 5.41) is 4.33. The molecule has 1 N–H and O–H groups in total. The van der Waals surface area contributed by atoms with Crippen LogP contribution >= 0.6 is 39.1 Å². The van der Waals surface area contributed by atoms with Gasteiger partial charge in [0.2, 0.25) is 0 Å². The highest BCUT2D eigenvalue weighted by Crippen LogP contribution is 2.30. The van der Waals surface area contributed by atoms with Crippen molar-refractivity contribution in [1.82, 2.24) is 9.97 Å². The number of anilines is 1. The van der Waals surface area contributed by atoms with Crippen LogP contribution in [0.1, 0.15) is 18.5 Å². The van der Waals surface area contributed by atoms with Crippen molar-refractivity contribution in [2.24, 2.45) is 0 Å². The Morgan fingerprint density at radius 2 is 1.94 bits per heavy atom. The van der Waals surface area contributed by atoms with Crippen molar-refractivity contribution in [3.05, 3.63) is 50.8 Å². The summed E-state index contributed by atoms with van der Waals surface area (Å²) in [5.41, 5.74) is 1.00. The molecule has 0 amide bonds. The molecule has 3 nitrogen and oxygen atoms in total.